The molecule has 2 aromatic carbocycles. The first kappa shape index (κ1) is 12.1. The zero-order valence-electron chi connectivity index (χ0n) is 10.3. The number of anilines is 2. The van der Waals surface area contributed by atoms with Crippen LogP contribution in [0, 0.1) is 0 Å². The lowest BCUT2D eigenvalue weighted by atomic mass is 9.81. The molecular formula is C15H10N2O3. The van der Waals surface area contributed by atoms with Crippen LogP contribution in [0.25, 0.3) is 0 Å². The second-order valence-electron chi connectivity index (χ2n) is 4.54. The number of rotatable bonds is 1. The summed E-state index contributed by atoms with van der Waals surface area (Å²) in [7, 11) is 0. The fourth-order valence-electron chi connectivity index (χ4n) is 2.45. The van der Waals surface area contributed by atoms with Crippen molar-refractivity contribution in [3.05, 3.63) is 58.1 Å². The maximum absolute atomic E-state index is 12.5. The Labute approximate surface area is 114 Å². The Hall–Kier alpha value is -2.95. The molecule has 0 saturated carbocycles. The number of hydrogen-bond acceptors (Lipinski definition) is 5. The first-order valence-electron chi connectivity index (χ1n) is 5.91. The van der Waals surface area contributed by atoms with E-state index in [1.165, 1.54) is 18.2 Å². The highest BCUT2D eigenvalue weighted by Gasteiger charge is 2.33. The van der Waals surface area contributed by atoms with Gasteiger partial charge in [-0.2, -0.15) is 0 Å². The highest BCUT2D eigenvalue weighted by molar-refractivity contribution is 6.32. The second kappa shape index (κ2) is 4.03. The number of aldehydes is 1. The van der Waals surface area contributed by atoms with E-state index in [0.717, 1.165) is 0 Å². The molecule has 0 amide bonds. The predicted octanol–water partition coefficient (Wildman–Crippen LogP) is 1.44. The molecule has 2 aromatic rings. The van der Waals surface area contributed by atoms with Crippen molar-refractivity contribution in [2.75, 3.05) is 11.5 Å². The van der Waals surface area contributed by atoms with Gasteiger partial charge in [0, 0.05) is 22.4 Å². The first-order chi connectivity index (χ1) is 9.56. The smallest absolute Gasteiger partial charge is 0.196 e. The molecule has 0 atom stereocenters. The minimum Gasteiger partial charge on any atom is -0.398 e. The van der Waals surface area contributed by atoms with Crippen molar-refractivity contribution in [3.8, 4) is 0 Å². The Bertz CT molecular complexity index is 794. The fraction of sp³-hybridized carbons (Fsp3) is 0. The van der Waals surface area contributed by atoms with Crippen LogP contribution in [0.1, 0.15) is 42.2 Å². The Kier molecular flexibility index (Phi) is 2.44. The van der Waals surface area contributed by atoms with Crippen LogP contribution in [-0.4, -0.2) is 17.9 Å². The number of carbonyl (C=O) groups is 3. The summed E-state index contributed by atoms with van der Waals surface area (Å²) in [6, 6.07) is 7.56. The number of hydrogen-bond donors (Lipinski definition) is 2. The van der Waals surface area contributed by atoms with Gasteiger partial charge in [0.1, 0.15) is 0 Å². The monoisotopic (exact) mass is 266 g/mol. The van der Waals surface area contributed by atoms with Crippen molar-refractivity contribution >= 4 is 29.2 Å². The third kappa shape index (κ3) is 1.40. The van der Waals surface area contributed by atoms with Crippen molar-refractivity contribution in [2.24, 2.45) is 0 Å². The van der Waals surface area contributed by atoms with Gasteiger partial charge in [-0.05, 0) is 18.2 Å². The van der Waals surface area contributed by atoms with E-state index >= 15 is 0 Å². The Morgan fingerprint density at radius 3 is 2.20 bits per heavy atom. The molecule has 0 unspecified atom stereocenters. The van der Waals surface area contributed by atoms with Gasteiger partial charge < -0.3 is 11.5 Å². The highest BCUT2D eigenvalue weighted by Crippen LogP contribution is 2.34. The molecule has 3 rings (SSSR count). The number of fused-ring (bicyclic) bond motifs is 2. The molecule has 20 heavy (non-hydrogen) atoms. The number of carbonyl (C=O) groups excluding carboxylic acids is 3. The van der Waals surface area contributed by atoms with Crippen LogP contribution in [0.3, 0.4) is 0 Å². The van der Waals surface area contributed by atoms with Gasteiger partial charge in [0.25, 0.3) is 0 Å². The normalized spacial score (nSPS) is 12.8. The molecule has 0 fully saturated rings. The lowest BCUT2D eigenvalue weighted by molar-refractivity contribution is 0.0980. The second-order valence-corrected chi connectivity index (χ2v) is 4.54. The van der Waals surface area contributed by atoms with E-state index in [1.807, 2.05) is 0 Å². The predicted molar refractivity (Wildman–Crippen MR) is 74.0 cm³/mol. The van der Waals surface area contributed by atoms with Crippen LogP contribution >= 0.6 is 0 Å². The third-order valence-electron chi connectivity index (χ3n) is 3.45. The summed E-state index contributed by atoms with van der Waals surface area (Å²) in [5.41, 5.74) is 12.8. The molecule has 1 aliphatic rings. The highest BCUT2D eigenvalue weighted by atomic mass is 16.1. The molecule has 0 heterocycles. The lowest BCUT2D eigenvalue weighted by Crippen LogP contribution is -2.24. The quantitative estimate of drug-likeness (QED) is 0.512. The maximum atomic E-state index is 12.5. The van der Waals surface area contributed by atoms with Crippen molar-refractivity contribution < 1.29 is 14.4 Å². The molecule has 0 aliphatic heterocycles. The average molecular weight is 266 g/mol. The fourth-order valence-corrected chi connectivity index (χ4v) is 2.45. The van der Waals surface area contributed by atoms with Gasteiger partial charge >= 0.3 is 0 Å². The number of ketones is 2. The molecule has 5 heteroatoms. The number of nitrogen functional groups attached to an aromatic ring is 2. The molecule has 98 valence electrons. The van der Waals surface area contributed by atoms with E-state index in [1.54, 1.807) is 12.1 Å². The van der Waals surface area contributed by atoms with Crippen LogP contribution in [0.2, 0.25) is 0 Å². The summed E-state index contributed by atoms with van der Waals surface area (Å²) >= 11 is 0. The standard InChI is InChI=1S/C15H10N2O3/c16-10-3-1-2-8-11(10)14(19)9-5-4-7(6-18)13(17)12(9)15(8)20/h1-6H,16-17H2. The summed E-state index contributed by atoms with van der Waals surface area (Å²) in [6.45, 7) is 0. The average Bonchev–Trinajstić information content (AvgIpc) is 2.44. The van der Waals surface area contributed by atoms with Gasteiger partial charge in [0.15, 0.2) is 17.9 Å². The summed E-state index contributed by atoms with van der Waals surface area (Å²) < 4.78 is 0. The Balaban J connectivity index is 2.38. The third-order valence-corrected chi connectivity index (χ3v) is 3.45. The van der Waals surface area contributed by atoms with Crippen molar-refractivity contribution in [2.45, 2.75) is 0 Å². The molecule has 0 bridgehead atoms. The zero-order chi connectivity index (χ0) is 14.4. The molecule has 1 aliphatic carbocycles. The number of nitrogens with two attached hydrogens (primary N) is 2. The minimum atomic E-state index is -0.386. The van der Waals surface area contributed by atoms with Crippen molar-refractivity contribution in [1.82, 2.24) is 0 Å². The van der Waals surface area contributed by atoms with Crippen molar-refractivity contribution in [3.63, 3.8) is 0 Å². The van der Waals surface area contributed by atoms with E-state index in [0.29, 0.717) is 6.29 Å². The molecule has 0 spiro atoms. The molecule has 0 radical (unpaired) electrons. The van der Waals surface area contributed by atoms with Gasteiger partial charge in [-0.3, -0.25) is 14.4 Å². The van der Waals surface area contributed by atoms with Crippen molar-refractivity contribution in [1.29, 1.82) is 0 Å². The maximum Gasteiger partial charge on any atom is 0.196 e. The summed E-state index contributed by atoms with van der Waals surface area (Å²) in [4.78, 5) is 35.8. The first-order valence-corrected chi connectivity index (χ1v) is 5.91. The van der Waals surface area contributed by atoms with Gasteiger partial charge in [0.2, 0.25) is 0 Å². The number of benzene rings is 2. The van der Waals surface area contributed by atoms with Crippen LogP contribution in [0.5, 0.6) is 0 Å². The largest absolute Gasteiger partial charge is 0.398 e. The summed E-state index contributed by atoms with van der Waals surface area (Å²) in [5, 5.41) is 0. The van der Waals surface area contributed by atoms with E-state index < -0.39 is 0 Å². The van der Waals surface area contributed by atoms with Crippen LogP contribution in [-0.2, 0) is 0 Å². The van der Waals surface area contributed by atoms with Gasteiger partial charge in [-0.15, -0.1) is 0 Å². The lowest BCUT2D eigenvalue weighted by Gasteiger charge is -2.20. The van der Waals surface area contributed by atoms with E-state index in [-0.39, 0.29) is 50.8 Å². The van der Waals surface area contributed by atoms with E-state index in [4.69, 9.17) is 11.5 Å². The van der Waals surface area contributed by atoms with Gasteiger partial charge in [-0.1, -0.05) is 12.1 Å². The molecular weight excluding hydrogens is 256 g/mol. The topological polar surface area (TPSA) is 103 Å². The van der Waals surface area contributed by atoms with E-state index in [9.17, 15) is 14.4 Å². The SMILES string of the molecule is Nc1cccc2c1C(=O)c1ccc(C=O)c(N)c1C2=O. The van der Waals surface area contributed by atoms with Crippen LogP contribution in [0.15, 0.2) is 30.3 Å². The zero-order valence-corrected chi connectivity index (χ0v) is 10.3. The van der Waals surface area contributed by atoms with Crippen LogP contribution < -0.4 is 11.5 Å². The summed E-state index contributed by atoms with van der Waals surface area (Å²) in [6.07, 6.45) is 0.558. The molecule has 4 N–H and O–H groups in total. The summed E-state index contributed by atoms with van der Waals surface area (Å²) in [5.74, 6) is -0.736. The van der Waals surface area contributed by atoms with Gasteiger partial charge in [-0.25, -0.2) is 0 Å². The molecule has 5 nitrogen and oxygen atoms in total. The Morgan fingerprint density at radius 2 is 1.50 bits per heavy atom. The molecule has 0 aromatic heterocycles. The van der Waals surface area contributed by atoms with Gasteiger partial charge in [0.05, 0.1) is 16.8 Å². The van der Waals surface area contributed by atoms with Crippen LogP contribution in [0.4, 0.5) is 11.4 Å². The molecule has 0 saturated heterocycles. The van der Waals surface area contributed by atoms with E-state index in [2.05, 4.69) is 0 Å². The Morgan fingerprint density at radius 1 is 0.850 bits per heavy atom. The minimum absolute atomic E-state index is 0.0314.